The molecule has 0 amide bonds. The number of aliphatic hydroxyl groups excluding tert-OH is 1. The van der Waals surface area contributed by atoms with Crippen molar-refractivity contribution < 1.29 is 14.6 Å². The van der Waals surface area contributed by atoms with Crippen LogP contribution in [-0.4, -0.2) is 31.8 Å². The van der Waals surface area contributed by atoms with E-state index in [4.69, 9.17) is 15.2 Å². The molecule has 1 atom stereocenters. The molecular weight excluding hydrogens is 445 g/mol. The maximum absolute atomic E-state index is 10.4. The molecule has 0 heterocycles. The Morgan fingerprint density at radius 2 is 1.81 bits per heavy atom. The van der Waals surface area contributed by atoms with Crippen molar-refractivity contribution in [3.05, 3.63) is 53.6 Å². The molecule has 0 aliphatic rings. The second kappa shape index (κ2) is 10.9. The molecule has 0 aromatic heterocycles. The highest BCUT2D eigenvalue weighted by Gasteiger charge is 2.11. The SMILES string of the molecule is CCc1cccc(NC(N)=NCC(O)c2cc(OC)cc(OC)c2)c1.I. The summed E-state index contributed by atoms with van der Waals surface area (Å²) in [4.78, 5) is 4.21. The lowest BCUT2D eigenvalue weighted by Crippen LogP contribution is -2.23. The number of aliphatic hydroxyl groups is 1. The van der Waals surface area contributed by atoms with Crippen molar-refractivity contribution in [3.63, 3.8) is 0 Å². The monoisotopic (exact) mass is 471 g/mol. The van der Waals surface area contributed by atoms with E-state index in [0.717, 1.165) is 12.1 Å². The average Bonchev–Trinajstić information content (AvgIpc) is 2.65. The summed E-state index contributed by atoms with van der Waals surface area (Å²) in [7, 11) is 3.13. The average molecular weight is 471 g/mol. The van der Waals surface area contributed by atoms with Gasteiger partial charge < -0.3 is 25.6 Å². The van der Waals surface area contributed by atoms with Gasteiger partial charge in [0.05, 0.1) is 26.9 Å². The number of hydrogen-bond acceptors (Lipinski definition) is 4. The van der Waals surface area contributed by atoms with Gasteiger partial charge in [0.2, 0.25) is 0 Å². The van der Waals surface area contributed by atoms with E-state index in [-0.39, 0.29) is 36.5 Å². The third kappa shape index (κ3) is 6.38. The van der Waals surface area contributed by atoms with Crippen molar-refractivity contribution in [1.29, 1.82) is 0 Å². The van der Waals surface area contributed by atoms with Gasteiger partial charge in [0, 0.05) is 11.8 Å². The number of aliphatic imine (C=N–C) groups is 1. The van der Waals surface area contributed by atoms with Gasteiger partial charge in [0.1, 0.15) is 11.5 Å². The zero-order valence-electron chi connectivity index (χ0n) is 15.2. The number of nitrogens with two attached hydrogens (primary N) is 1. The van der Waals surface area contributed by atoms with E-state index in [0.29, 0.717) is 17.1 Å². The van der Waals surface area contributed by atoms with E-state index >= 15 is 0 Å². The van der Waals surface area contributed by atoms with Gasteiger partial charge in [-0.3, -0.25) is 4.99 Å². The van der Waals surface area contributed by atoms with Crippen molar-refractivity contribution in [3.8, 4) is 11.5 Å². The van der Waals surface area contributed by atoms with E-state index in [2.05, 4.69) is 23.3 Å². The third-order valence-electron chi connectivity index (χ3n) is 3.80. The lowest BCUT2D eigenvalue weighted by atomic mass is 10.1. The molecular formula is C19H26IN3O3. The molecule has 0 spiro atoms. The van der Waals surface area contributed by atoms with Gasteiger partial charge >= 0.3 is 0 Å². The maximum atomic E-state index is 10.4. The second-order valence-electron chi connectivity index (χ2n) is 5.57. The van der Waals surface area contributed by atoms with E-state index in [1.165, 1.54) is 5.56 Å². The highest BCUT2D eigenvalue weighted by Crippen LogP contribution is 2.26. The third-order valence-corrected chi connectivity index (χ3v) is 3.80. The van der Waals surface area contributed by atoms with Gasteiger partial charge in [-0.1, -0.05) is 19.1 Å². The molecule has 2 aromatic rings. The quantitative estimate of drug-likeness (QED) is 0.328. The molecule has 7 heteroatoms. The number of rotatable bonds is 7. The van der Waals surface area contributed by atoms with Crippen LogP contribution < -0.4 is 20.5 Å². The summed E-state index contributed by atoms with van der Waals surface area (Å²) in [5, 5.41) is 13.4. The molecule has 0 aliphatic carbocycles. The first-order valence-electron chi connectivity index (χ1n) is 8.12. The number of nitrogens with one attached hydrogen (secondary N) is 1. The number of hydrogen-bond donors (Lipinski definition) is 3. The van der Waals surface area contributed by atoms with E-state index in [9.17, 15) is 5.11 Å². The molecule has 0 radical (unpaired) electrons. The molecule has 0 saturated carbocycles. The van der Waals surface area contributed by atoms with Gasteiger partial charge in [0.25, 0.3) is 0 Å². The lowest BCUT2D eigenvalue weighted by Gasteiger charge is -2.13. The van der Waals surface area contributed by atoms with Crippen molar-refractivity contribution in [1.82, 2.24) is 0 Å². The number of guanidine groups is 1. The first kappa shape index (κ1) is 22.0. The summed E-state index contributed by atoms with van der Waals surface area (Å²) in [6.45, 7) is 2.22. The molecule has 2 rings (SSSR count). The molecule has 0 saturated heterocycles. The standard InChI is InChI=1S/C19H25N3O3.HI/c1-4-13-6-5-7-15(8-13)22-19(20)21-12-18(23)14-9-16(24-2)11-17(10-14)25-3;/h5-11,18,23H,4,12H2,1-3H3,(H3,20,21,22);1H. The minimum absolute atomic E-state index is 0. The number of halogens is 1. The predicted octanol–water partition coefficient (Wildman–Crippen LogP) is 3.34. The first-order chi connectivity index (χ1) is 12.0. The van der Waals surface area contributed by atoms with Crippen LogP contribution in [0.1, 0.15) is 24.2 Å². The Morgan fingerprint density at radius 3 is 2.38 bits per heavy atom. The normalized spacial score (nSPS) is 12.1. The van der Waals surface area contributed by atoms with Crippen LogP contribution in [0, 0.1) is 0 Å². The lowest BCUT2D eigenvalue weighted by molar-refractivity contribution is 0.186. The van der Waals surface area contributed by atoms with Crippen LogP contribution in [0.5, 0.6) is 11.5 Å². The van der Waals surface area contributed by atoms with Crippen LogP contribution >= 0.6 is 24.0 Å². The molecule has 0 bridgehead atoms. The second-order valence-corrected chi connectivity index (χ2v) is 5.57. The fourth-order valence-corrected chi connectivity index (χ4v) is 2.37. The predicted molar refractivity (Wildman–Crippen MR) is 116 cm³/mol. The Hall–Kier alpha value is -2.00. The van der Waals surface area contributed by atoms with Crippen LogP contribution in [-0.2, 0) is 6.42 Å². The van der Waals surface area contributed by atoms with Crippen molar-refractivity contribution in [2.75, 3.05) is 26.1 Å². The van der Waals surface area contributed by atoms with Gasteiger partial charge in [-0.2, -0.15) is 0 Å². The van der Waals surface area contributed by atoms with Crippen LogP contribution in [0.2, 0.25) is 0 Å². The van der Waals surface area contributed by atoms with Crippen LogP contribution in [0.3, 0.4) is 0 Å². The number of methoxy groups -OCH3 is 2. The Balaban J connectivity index is 0.00000338. The fourth-order valence-electron chi connectivity index (χ4n) is 2.37. The number of aryl methyl sites for hydroxylation is 1. The molecule has 6 nitrogen and oxygen atoms in total. The van der Waals surface area contributed by atoms with Crippen LogP contribution in [0.25, 0.3) is 0 Å². The molecule has 2 aromatic carbocycles. The zero-order chi connectivity index (χ0) is 18.2. The number of benzene rings is 2. The Morgan fingerprint density at radius 1 is 1.15 bits per heavy atom. The van der Waals surface area contributed by atoms with Crippen LogP contribution in [0.4, 0.5) is 5.69 Å². The molecule has 1 unspecified atom stereocenters. The van der Waals surface area contributed by atoms with Gasteiger partial charge in [-0.25, -0.2) is 0 Å². The minimum Gasteiger partial charge on any atom is -0.497 e. The molecule has 26 heavy (non-hydrogen) atoms. The fraction of sp³-hybridized carbons (Fsp3) is 0.316. The molecule has 0 aliphatic heterocycles. The highest BCUT2D eigenvalue weighted by molar-refractivity contribution is 14.0. The maximum Gasteiger partial charge on any atom is 0.193 e. The number of ether oxygens (including phenoxy) is 2. The molecule has 0 fully saturated rings. The molecule has 4 N–H and O–H groups in total. The Kier molecular flexibility index (Phi) is 9.22. The summed E-state index contributed by atoms with van der Waals surface area (Å²) in [6, 6.07) is 13.2. The smallest absolute Gasteiger partial charge is 0.193 e. The Bertz CT molecular complexity index is 715. The summed E-state index contributed by atoms with van der Waals surface area (Å²) in [6.07, 6.45) is 0.134. The minimum atomic E-state index is -0.814. The van der Waals surface area contributed by atoms with Gasteiger partial charge in [-0.15, -0.1) is 24.0 Å². The topological polar surface area (TPSA) is 89.1 Å². The van der Waals surface area contributed by atoms with E-state index in [1.54, 1.807) is 32.4 Å². The highest BCUT2D eigenvalue weighted by atomic mass is 127. The largest absolute Gasteiger partial charge is 0.497 e. The summed E-state index contributed by atoms with van der Waals surface area (Å²) in [5.74, 6) is 1.47. The van der Waals surface area contributed by atoms with Gasteiger partial charge in [-0.05, 0) is 41.8 Å². The van der Waals surface area contributed by atoms with E-state index in [1.807, 2.05) is 18.2 Å². The van der Waals surface area contributed by atoms with Crippen LogP contribution in [0.15, 0.2) is 47.5 Å². The number of anilines is 1. The Labute approximate surface area is 171 Å². The number of nitrogens with zero attached hydrogens (tertiary/aromatic N) is 1. The first-order valence-corrected chi connectivity index (χ1v) is 8.12. The molecule has 142 valence electrons. The van der Waals surface area contributed by atoms with Crippen molar-refractivity contribution in [2.24, 2.45) is 10.7 Å². The van der Waals surface area contributed by atoms with E-state index < -0.39 is 6.10 Å². The van der Waals surface area contributed by atoms with Crippen molar-refractivity contribution >= 4 is 35.6 Å². The summed E-state index contributed by atoms with van der Waals surface area (Å²) < 4.78 is 10.4. The summed E-state index contributed by atoms with van der Waals surface area (Å²) in [5.41, 5.74) is 8.65. The summed E-state index contributed by atoms with van der Waals surface area (Å²) >= 11 is 0. The van der Waals surface area contributed by atoms with Gasteiger partial charge in [0.15, 0.2) is 5.96 Å². The van der Waals surface area contributed by atoms with Crippen molar-refractivity contribution in [2.45, 2.75) is 19.4 Å². The zero-order valence-corrected chi connectivity index (χ0v) is 17.6.